The Labute approximate surface area is 183 Å². The fraction of sp³-hybridized carbons (Fsp3) is 0.333. The number of benzene rings is 1. The molecule has 0 unspecified atom stereocenters. The number of hydrogen-bond acceptors (Lipinski definition) is 4. The van der Waals surface area contributed by atoms with Crippen LogP contribution in [0.1, 0.15) is 45.2 Å². The van der Waals surface area contributed by atoms with E-state index in [1.165, 1.54) is 33.5 Å². The summed E-state index contributed by atoms with van der Waals surface area (Å²) in [4.78, 5) is 37.6. The zero-order chi connectivity index (χ0) is 21.8. The lowest BCUT2D eigenvalue weighted by Gasteiger charge is -2.11. The summed E-state index contributed by atoms with van der Waals surface area (Å²) in [5.41, 5.74) is 0.734. The van der Waals surface area contributed by atoms with Gasteiger partial charge in [-0.2, -0.15) is 0 Å². The van der Waals surface area contributed by atoms with Crippen molar-refractivity contribution >= 4 is 36.3 Å². The third kappa shape index (κ3) is 5.20. The molecule has 2 aromatic rings. The Morgan fingerprint density at radius 2 is 2.07 bits per heavy atom. The van der Waals surface area contributed by atoms with E-state index in [2.05, 4.69) is 8.85 Å². The van der Waals surface area contributed by atoms with Crippen LogP contribution in [0, 0.1) is 12.7 Å². The molecule has 0 aliphatic heterocycles. The zero-order valence-corrected chi connectivity index (χ0v) is 19.1. The van der Waals surface area contributed by atoms with Gasteiger partial charge in [0.1, 0.15) is 11.4 Å². The quantitative estimate of drug-likeness (QED) is 0.428. The number of aromatic nitrogens is 1. The fourth-order valence-corrected chi connectivity index (χ4v) is 4.95. The lowest BCUT2D eigenvalue weighted by Crippen LogP contribution is -2.33. The second-order valence-corrected chi connectivity index (χ2v) is 9.32. The highest BCUT2D eigenvalue weighted by Crippen LogP contribution is 2.26. The Morgan fingerprint density at radius 1 is 1.30 bits per heavy atom. The Bertz CT molecular complexity index is 1080. The van der Waals surface area contributed by atoms with Crippen LogP contribution >= 0.6 is 21.0 Å². The molecule has 30 heavy (non-hydrogen) atoms. The number of nitrogens with zero attached hydrogens (tertiary/aromatic N) is 1. The van der Waals surface area contributed by atoms with Crippen LogP contribution in [0.2, 0.25) is 0 Å². The highest BCUT2D eigenvalue weighted by Gasteiger charge is 2.31. The maximum Gasteiger partial charge on any atom is 0.263 e. The Kier molecular flexibility index (Phi) is 7.14. The average molecular weight is 527 g/mol. The van der Waals surface area contributed by atoms with Crippen molar-refractivity contribution in [2.75, 3.05) is 13.7 Å². The molecule has 1 heterocycles. The topological polar surface area (TPSA) is 89.4 Å². The summed E-state index contributed by atoms with van der Waals surface area (Å²) < 4.78 is 24.5. The molecule has 7 nitrogen and oxygen atoms in total. The number of nitrogens with one attached hydrogen (secondary N) is 2. The molecule has 1 aromatic heterocycles. The minimum Gasteiger partial charge on any atom is -0.373 e. The van der Waals surface area contributed by atoms with E-state index in [4.69, 9.17) is 4.74 Å². The van der Waals surface area contributed by atoms with Gasteiger partial charge in [-0.25, -0.2) is 4.39 Å². The number of carbonyl (C=O) groups excluding carboxylic acids is 2. The van der Waals surface area contributed by atoms with Crippen LogP contribution in [0.3, 0.4) is 0 Å². The van der Waals surface area contributed by atoms with Crippen molar-refractivity contribution in [1.82, 2.24) is 13.4 Å². The summed E-state index contributed by atoms with van der Waals surface area (Å²) in [6.45, 7) is 4.31. The highest BCUT2D eigenvalue weighted by atomic mass is 127. The standard InChI is InChI=1S/C21H23FIN3O4/c1-4-30-18-9-17(18)23-25-19(27)14-8-15(20(28)24-3)21(29)26(11-14)10-13-5-6-16(22)12(2)7-13/h5-8,11,18H,4,9-10H2,1-3H3,(H,24,28)(H,25,27)/t18-/m1/s1. The monoisotopic (exact) mass is 527 g/mol. The van der Waals surface area contributed by atoms with Crippen LogP contribution in [0.4, 0.5) is 4.39 Å². The molecule has 0 saturated heterocycles. The second kappa shape index (κ2) is 9.61. The number of halogens is 2. The van der Waals surface area contributed by atoms with E-state index in [1.807, 2.05) is 6.92 Å². The minimum atomic E-state index is -0.684. The van der Waals surface area contributed by atoms with Crippen LogP contribution in [0.5, 0.6) is 0 Å². The Hall–Kier alpha value is -2.40. The molecule has 2 N–H and O–H groups in total. The van der Waals surface area contributed by atoms with Gasteiger partial charge >= 0.3 is 0 Å². The smallest absolute Gasteiger partial charge is 0.263 e. The maximum atomic E-state index is 13.6. The molecule has 1 atom stereocenters. The summed E-state index contributed by atoms with van der Waals surface area (Å²) in [7, 11) is 1.42. The van der Waals surface area contributed by atoms with Gasteiger partial charge < -0.3 is 14.6 Å². The van der Waals surface area contributed by atoms with E-state index >= 15 is 0 Å². The molecule has 2 amide bonds. The minimum absolute atomic E-state index is 0.115. The summed E-state index contributed by atoms with van der Waals surface area (Å²) in [5, 5.41) is 2.43. The van der Waals surface area contributed by atoms with Gasteiger partial charge in [0.2, 0.25) is 0 Å². The van der Waals surface area contributed by atoms with E-state index in [1.54, 1.807) is 19.1 Å². The van der Waals surface area contributed by atoms with Crippen LogP contribution in [-0.4, -0.2) is 39.6 Å². The van der Waals surface area contributed by atoms with Gasteiger partial charge in [0.15, 0.2) is 0 Å². The molecule has 1 aromatic carbocycles. The SMILES string of the molecule is CCO[C@@H]1CC1=INC(=O)c1cc(C(=O)NC)c(=O)n(Cc2ccc(F)c(C)c2)c1. The number of carbonyl (C=O) groups is 2. The average Bonchev–Trinajstić information content (AvgIpc) is 3.48. The normalized spacial score (nSPS) is 16.7. The predicted molar refractivity (Wildman–Crippen MR) is 121 cm³/mol. The van der Waals surface area contributed by atoms with Crippen LogP contribution in [0.15, 0.2) is 35.3 Å². The van der Waals surface area contributed by atoms with Crippen molar-refractivity contribution in [3.63, 3.8) is 0 Å². The largest absolute Gasteiger partial charge is 0.373 e. The lowest BCUT2D eigenvalue weighted by molar-refractivity contribution is 0.0961. The summed E-state index contributed by atoms with van der Waals surface area (Å²) in [6, 6.07) is 5.85. The number of hydrogen-bond donors (Lipinski definition) is 2. The first kappa shape index (κ1) is 22.3. The van der Waals surface area contributed by atoms with E-state index in [0.29, 0.717) is 17.7 Å². The fourth-order valence-electron chi connectivity index (χ4n) is 2.90. The Balaban J connectivity index is 1.90. The second-order valence-electron chi connectivity index (χ2n) is 6.85. The highest BCUT2D eigenvalue weighted by molar-refractivity contribution is 14.2. The maximum absolute atomic E-state index is 13.6. The molecule has 0 spiro atoms. The summed E-state index contributed by atoms with van der Waals surface area (Å²) in [5.74, 6) is -1.25. The van der Waals surface area contributed by atoms with Crippen molar-refractivity contribution in [2.24, 2.45) is 0 Å². The van der Waals surface area contributed by atoms with Crippen molar-refractivity contribution in [3.8, 4) is 0 Å². The van der Waals surface area contributed by atoms with E-state index in [0.717, 1.165) is 6.42 Å². The molecular formula is C21H23FIN3O4. The van der Waals surface area contributed by atoms with Gasteiger partial charge in [0.05, 0.1) is 18.2 Å². The van der Waals surface area contributed by atoms with E-state index in [-0.39, 0.29) is 35.5 Å². The molecule has 1 fully saturated rings. The summed E-state index contributed by atoms with van der Waals surface area (Å²) in [6.07, 6.45) is 2.44. The van der Waals surface area contributed by atoms with Crippen molar-refractivity contribution in [2.45, 2.75) is 32.9 Å². The molecular weight excluding hydrogens is 504 g/mol. The van der Waals surface area contributed by atoms with Gasteiger partial charge in [0, 0.05) is 50.8 Å². The predicted octanol–water partition coefficient (Wildman–Crippen LogP) is 2.30. The summed E-state index contributed by atoms with van der Waals surface area (Å²) >= 11 is -0.684. The van der Waals surface area contributed by atoms with Gasteiger partial charge in [-0.15, -0.1) is 0 Å². The van der Waals surface area contributed by atoms with Crippen molar-refractivity contribution < 1.29 is 18.7 Å². The third-order valence-corrected chi connectivity index (χ3v) is 7.17. The molecule has 1 aliphatic carbocycles. The third-order valence-electron chi connectivity index (χ3n) is 4.59. The van der Waals surface area contributed by atoms with Gasteiger partial charge in [0.25, 0.3) is 17.4 Å². The van der Waals surface area contributed by atoms with Gasteiger partial charge in [-0.3, -0.25) is 17.9 Å². The van der Waals surface area contributed by atoms with Crippen LogP contribution in [0.25, 0.3) is 0 Å². The lowest BCUT2D eigenvalue weighted by atomic mass is 10.1. The molecule has 1 aliphatic rings. The molecule has 1 saturated carbocycles. The number of aryl methyl sites for hydroxylation is 1. The molecule has 0 radical (unpaired) electrons. The zero-order valence-electron chi connectivity index (χ0n) is 16.9. The molecule has 9 heteroatoms. The van der Waals surface area contributed by atoms with Crippen molar-refractivity contribution in [3.05, 3.63) is 68.9 Å². The van der Waals surface area contributed by atoms with Gasteiger partial charge in [-0.05, 0) is 37.1 Å². The number of pyridine rings is 1. The number of rotatable bonds is 7. The number of amides is 2. The first-order valence-electron chi connectivity index (χ1n) is 9.47. The van der Waals surface area contributed by atoms with E-state index < -0.39 is 32.5 Å². The molecule has 160 valence electrons. The van der Waals surface area contributed by atoms with Crippen molar-refractivity contribution in [1.29, 1.82) is 0 Å². The van der Waals surface area contributed by atoms with Crippen LogP contribution in [-0.2, 0) is 11.3 Å². The van der Waals surface area contributed by atoms with E-state index in [9.17, 15) is 18.8 Å². The Morgan fingerprint density at radius 3 is 2.73 bits per heavy atom. The van der Waals surface area contributed by atoms with Crippen LogP contribution < -0.4 is 14.4 Å². The first-order chi connectivity index (χ1) is 14.3. The molecule has 0 bridgehead atoms. The first-order valence-corrected chi connectivity index (χ1v) is 11.6. The van der Waals surface area contributed by atoms with Gasteiger partial charge in [-0.1, -0.05) is 12.1 Å². The molecule has 3 rings (SSSR count). The number of ether oxygens (including phenoxy) is 1.